The Morgan fingerprint density at radius 3 is 2.54 bits per heavy atom. The third-order valence-electron chi connectivity index (χ3n) is 4.88. The van der Waals surface area contributed by atoms with Gasteiger partial charge in [0.1, 0.15) is 0 Å². The normalized spacial score (nSPS) is 11.6. The molecule has 0 N–H and O–H groups in total. The van der Waals surface area contributed by atoms with E-state index in [2.05, 4.69) is 79.7 Å². The molecule has 0 saturated heterocycles. The minimum absolute atomic E-state index is 0. The van der Waals surface area contributed by atoms with Gasteiger partial charge in [0.25, 0.3) is 0 Å². The summed E-state index contributed by atoms with van der Waals surface area (Å²) in [6, 6.07) is 26.5. The number of pyridine rings is 1. The quantitative estimate of drug-likeness (QED) is 0.259. The molecule has 0 amide bonds. The first-order valence-electron chi connectivity index (χ1n) is 8.49. The van der Waals surface area contributed by atoms with Gasteiger partial charge in [-0.15, -0.1) is 35.4 Å². The van der Waals surface area contributed by atoms with Crippen molar-refractivity contribution < 1.29 is 20.1 Å². The molecule has 1 aliphatic rings. The minimum Gasteiger partial charge on any atom is -0.296 e. The molecule has 26 heavy (non-hydrogen) atoms. The first-order valence-corrected chi connectivity index (χ1v) is 8.49. The molecule has 3 aromatic carbocycles. The van der Waals surface area contributed by atoms with E-state index < -0.39 is 0 Å². The van der Waals surface area contributed by atoms with Crippen molar-refractivity contribution in [2.75, 3.05) is 0 Å². The second kappa shape index (κ2) is 6.64. The molecular formula is C24H16IrN-. The van der Waals surface area contributed by atoms with Crippen LogP contribution in [-0.4, -0.2) is 4.98 Å². The van der Waals surface area contributed by atoms with E-state index in [1.54, 1.807) is 0 Å². The fraction of sp³-hybridized carbons (Fsp3) is 0.0417. The Morgan fingerprint density at radius 2 is 1.69 bits per heavy atom. The van der Waals surface area contributed by atoms with Gasteiger partial charge in [0.15, 0.2) is 0 Å². The Bertz CT molecular complexity index is 1140. The van der Waals surface area contributed by atoms with Crippen molar-refractivity contribution in [3.8, 4) is 22.4 Å². The summed E-state index contributed by atoms with van der Waals surface area (Å²) >= 11 is 0. The first kappa shape index (κ1) is 16.9. The number of rotatable bonds is 2. The van der Waals surface area contributed by atoms with E-state index >= 15 is 0 Å². The molecule has 1 radical (unpaired) electrons. The molecule has 127 valence electrons. The van der Waals surface area contributed by atoms with Crippen LogP contribution in [0.2, 0.25) is 0 Å². The smallest absolute Gasteiger partial charge is 0.0607 e. The van der Waals surface area contributed by atoms with E-state index in [1.165, 1.54) is 33.2 Å². The minimum atomic E-state index is 0. The fourth-order valence-electron chi connectivity index (χ4n) is 3.57. The molecule has 1 aromatic heterocycles. The van der Waals surface area contributed by atoms with Crippen LogP contribution in [0, 0.1) is 13.0 Å². The summed E-state index contributed by atoms with van der Waals surface area (Å²) in [4.78, 5) is 4.91. The van der Waals surface area contributed by atoms with Crippen molar-refractivity contribution in [3.05, 3.63) is 89.5 Å². The zero-order valence-electron chi connectivity index (χ0n) is 14.3. The van der Waals surface area contributed by atoms with Gasteiger partial charge >= 0.3 is 0 Å². The molecule has 2 heteroatoms. The molecule has 4 aromatic rings. The van der Waals surface area contributed by atoms with Gasteiger partial charge < -0.3 is 0 Å². The number of nitrogens with zero attached hydrogens (tertiary/aromatic N) is 1. The van der Waals surface area contributed by atoms with Crippen LogP contribution in [0.1, 0.15) is 16.7 Å². The van der Waals surface area contributed by atoms with Crippen LogP contribution < -0.4 is 0 Å². The van der Waals surface area contributed by atoms with E-state index in [4.69, 9.17) is 4.98 Å². The summed E-state index contributed by atoms with van der Waals surface area (Å²) in [5.74, 6) is 0. The van der Waals surface area contributed by atoms with Gasteiger partial charge in [-0.05, 0) is 40.9 Å². The van der Waals surface area contributed by atoms with Crippen molar-refractivity contribution in [1.82, 2.24) is 4.98 Å². The Balaban J connectivity index is 0.00000168. The van der Waals surface area contributed by atoms with E-state index in [0.29, 0.717) is 0 Å². The maximum atomic E-state index is 4.91. The van der Waals surface area contributed by atoms with Crippen molar-refractivity contribution in [2.45, 2.75) is 6.92 Å². The van der Waals surface area contributed by atoms with Crippen molar-refractivity contribution >= 4 is 23.1 Å². The topological polar surface area (TPSA) is 12.9 Å². The number of aromatic nitrogens is 1. The van der Waals surface area contributed by atoms with Crippen LogP contribution in [0.4, 0.5) is 0 Å². The average Bonchev–Trinajstić information content (AvgIpc) is 3.11. The molecule has 1 heterocycles. The van der Waals surface area contributed by atoms with Crippen LogP contribution in [-0.2, 0) is 20.1 Å². The Hall–Kier alpha value is -2.54. The van der Waals surface area contributed by atoms with E-state index in [-0.39, 0.29) is 20.1 Å². The summed E-state index contributed by atoms with van der Waals surface area (Å²) in [5, 5.41) is 1.27. The Kier molecular flexibility index (Phi) is 4.32. The van der Waals surface area contributed by atoms with Crippen molar-refractivity contribution in [3.63, 3.8) is 0 Å². The summed E-state index contributed by atoms with van der Waals surface area (Å²) in [6.07, 6.45) is 4.39. The summed E-state index contributed by atoms with van der Waals surface area (Å²) in [7, 11) is 0. The maximum Gasteiger partial charge on any atom is 0.0607 e. The van der Waals surface area contributed by atoms with E-state index in [0.717, 1.165) is 16.8 Å². The molecule has 1 nitrogen and oxygen atoms in total. The van der Waals surface area contributed by atoms with Gasteiger partial charge in [0, 0.05) is 25.5 Å². The molecule has 0 aliphatic heterocycles. The van der Waals surface area contributed by atoms with Crippen LogP contribution in [0.25, 0.3) is 45.4 Å². The molecule has 5 rings (SSSR count). The molecule has 0 bridgehead atoms. The Labute approximate surface area is 166 Å². The van der Waals surface area contributed by atoms with E-state index in [1.807, 2.05) is 12.1 Å². The number of aryl methyl sites for hydroxylation is 1. The largest absolute Gasteiger partial charge is 0.296 e. The molecular weight excluding hydrogens is 494 g/mol. The van der Waals surface area contributed by atoms with Gasteiger partial charge in [0.2, 0.25) is 0 Å². The summed E-state index contributed by atoms with van der Waals surface area (Å²) in [5.41, 5.74) is 9.30. The monoisotopic (exact) mass is 511 g/mol. The van der Waals surface area contributed by atoms with Gasteiger partial charge in [-0.25, -0.2) is 0 Å². The molecule has 0 fully saturated rings. The summed E-state index contributed by atoms with van der Waals surface area (Å²) in [6.45, 7) is 2.15. The Morgan fingerprint density at radius 1 is 0.846 bits per heavy atom. The third kappa shape index (κ3) is 2.72. The van der Waals surface area contributed by atoms with Gasteiger partial charge in [-0.1, -0.05) is 54.6 Å². The number of hydrogen-bond donors (Lipinski definition) is 0. The standard InChI is InChI=1S/C24H16N.Ir/c1-16-10-13-22-24-20(11-12-21(16)24)15-23(25-22)19-9-5-8-18(14-19)17-6-3-2-4-7-17;/h2-8,10-15H,1H3;/q-1;. The summed E-state index contributed by atoms with van der Waals surface area (Å²) < 4.78 is 0. The van der Waals surface area contributed by atoms with Gasteiger partial charge in [-0.2, -0.15) is 0 Å². The van der Waals surface area contributed by atoms with Crippen LogP contribution in [0.15, 0.2) is 66.7 Å². The SMILES string of the molecule is Cc1ccc2nc(-c3[c-]ccc(-c4ccccc4)c3)cc3c2c1C=C3.[Ir]. The predicted octanol–water partition coefficient (Wildman–Crippen LogP) is 6.16. The average molecular weight is 511 g/mol. The zero-order valence-corrected chi connectivity index (χ0v) is 16.7. The van der Waals surface area contributed by atoms with Gasteiger partial charge in [-0.3, -0.25) is 4.98 Å². The van der Waals surface area contributed by atoms with Crippen LogP contribution in [0.5, 0.6) is 0 Å². The molecule has 1 aliphatic carbocycles. The molecule has 0 unspecified atom stereocenters. The molecule has 0 saturated carbocycles. The predicted molar refractivity (Wildman–Crippen MR) is 105 cm³/mol. The zero-order chi connectivity index (χ0) is 16.8. The van der Waals surface area contributed by atoms with Crippen molar-refractivity contribution in [2.24, 2.45) is 0 Å². The van der Waals surface area contributed by atoms with Crippen molar-refractivity contribution in [1.29, 1.82) is 0 Å². The third-order valence-corrected chi connectivity index (χ3v) is 4.88. The van der Waals surface area contributed by atoms with Gasteiger partial charge in [0.05, 0.1) is 5.52 Å². The second-order valence-corrected chi connectivity index (χ2v) is 6.48. The first-order chi connectivity index (χ1) is 12.3. The number of hydrogen-bond acceptors (Lipinski definition) is 1. The number of benzene rings is 3. The maximum absolute atomic E-state index is 4.91. The molecule has 0 atom stereocenters. The van der Waals surface area contributed by atoms with Crippen LogP contribution >= 0.6 is 0 Å². The second-order valence-electron chi connectivity index (χ2n) is 6.48. The van der Waals surface area contributed by atoms with E-state index in [9.17, 15) is 0 Å². The fourth-order valence-corrected chi connectivity index (χ4v) is 3.57. The van der Waals surface area contributed by atoms with Crippen LogP contribution in [0.3, 0.4) is 0 Å². The molecule has 0 spiro atoms.